The van der Waals surface area contributed by atoms with Gasteiger partial charge in [0.25, 0.3) is 0 Å². The molecule has 0 aliphatic rings. The maximum absolute atomic E-state index is 11.1. The first-order valence-electron chi connectivity index (χ1n) is 6.41. The molecule has 0 aromatic carbocycles. The van der Waals surface area contributed by atoms with Crippen LogP contribution < -0.4 is 0 Å². The lowest BCUT2D eigenvalue weighted by Gasteiger charge is -2.37. The molecule has 0 spiro atoms. The van der Waals surface area contributed by atoms with Crippen LogP contribution in [-0.2, 0) is 9.53 Å². The first kappa shape index (κ1) is 16.1. The van der Waals surface area contributed by atoms with Gasteiger partial charge in [0.15, 0.2) is 0 Å². The van der Waals surface area contributed by atoms with Crippen molar-refractivity contribution in [2.24, 2.45) is 0 Å². The van der Waals surface area contributed by atoms with E-state index >= 15 is 0 Å². The quantitative estimate of drug-likeness (QED) is 0.350. The van der Waals surface area contributed by atoms with E-state index < -0.39 is 0 Å². The van der Waals surface area contributed by atoms with E-state index in [0.29, 0.717) is 6.61 Å². The topological polar surface area (TPSA) is 32.8 Å². The molecule has 17 heavy (non-hydrogen) atoms. The summed E-state index contributed by atoms with van der Waals surface area (Å²) in [6.45, 7) is 16.1. The first-order valence-corrected chi connectivity index (χ1v) is 6.41. The largest absolute Gasteiger partial charge is 0.459 e. The molecule has 0 fully saturated rings. The van der Waals surface area contributed by atoms with Crippen LogP contribution in [0, 0.1) is 0 Å². The second-order valence-corrected chi connectivity index (χ2v) is 3.76. The summed E-state index contributed by atoms with van der Waals surface area (Å²) in [5.74, 6) is -0.352. The highest BCUT2D eigenvalue weighted by molar-refractivity contribution is 5.81. The molecular weight excluding hydrogens is 216 g/mol. The molecule has 0 atom stereocenters. The Bertz CT molecular complexity index is 211. The zero-order chi connectivity index (χ0) is 13.3. The molecule has 0 radical (unpaired) electrons. The van der Waals surface area contributed by atoms with E-state index in [1.54, 1.807) is 0 Å². The summed E-state index contributed by atoms with van der Waals surface area (Å²) in [7, 11) is 0. The van der Waals surface area contributed by atoms with Gasteiger partial charge in [-0.1, -0.05) is 34.3 Å². The SMILES string of the molecule is C=CC(=O)OCC(N(CC)CC)N(CC)CC. The Morgan fingerprint density at radius 1 is 1.12 bits per heavy atom. The summed E-state index contributed by atoms with van der Waals surface area (Å²) in [4.78, 5) is 15.7. The average molecular weight is 242 g/mol. The van der Waals surface area contributed by atoms with Gasteiger partial charge in [0, 0.05) is 6.08 Å². The van der Waals surface area contributed by atoms with Gasteiger partial charge >= 0.3 is 5.97 Å². The normalized spacial score (nSPS) is 11.2. The minimum absolute atomic E-state index is 0.156. The molecule has 0 heterocycles. The lowest BCUT2D eigenvalue weighted by molar-refractivity contribution is -0.142. The molecule has 0 aliphatic heterocycles. The van der Waals surface area contributed by atoms with Crippen LogP contribution in [0.1, 0.15) is 27.7 Å². The summed E-state index contributed by atoms with van der Waals surface area (Å²) >= 11 is 0. The van der Waals surface area contributed by atoms with Gasteiger partial charge in [-0.3, -0.25) is 9.80 Å². The van der Waals surface area contributed by atoms with Crippen LogP contribution in [0.3, 0.4) is 0 Å². The first-order chi connectivity index (χ1) is 8.14. The molecule has 0 saturated heterocycles. The van der Waals surface area contributed by atoms with Crippen molar-refractivity contribution in [3.63, 3.8) is 0 Å². The van der Waals surface area contributed by atoms with Gasteiger partial charge in [0.05, 0.1) is 6.17 Å². The van der Waals surface area contributed by atoms with Crippen molar-refractivity contribution in [2.45, 2.75) is 33.9 Å². The zero-order valence-corrected chi connectivity index (χ0v) is 11.6. The fourth-order valence-electron chi connectivity index (χ4n) is 1.95. The van der Waals surface area contributed by atoms with Crippen LogP contribution in [0.4, 0.5) is 0 Å². The van der Waals surface area contributed by atoms with Crippen molar-refractivity contribution in [1.29, 1.82) is 0 Å². The molecule has 4 heteroatoms. The van der Waals surface area contributed by atoms with Gasteiger partial charge in [-0.05, 0) is 26.2 Å². The molecule has 0 N–H and O–H groups in total. The minimum Gasteiger partial charge on any atom is -0.459 e. The highest BCUT2D eigenvalue weighted by Crippen LogP contribution is 2.07. The van der Waals surface area contributed by atoms with E-state index in [0.717, 1.165) is 26.2 Å². The predicted molar refractivity (Wildman–Crippen MR) is 70.8 cm³/mol. The van der Waals surface area contributed by atoms with Crippen molar-refractivity contribution >= 4 is 5.97 Å². The zero-order valence-electron chi connectivity index (χ0n) is 11.6. The van der Waals surface area contributed by atoms with Crippen LogP contribution in [0.25, 0.3) is 0 Å². The van der Waals surface area contributed by atoms with E-state index in [1.807, 2.05) is 0 Å². The molecule has 0 aromatic heterocycles. The smallest absolute Gasteiger partial charge is 0.330 e. The number of hydrogen-bond donors (Lipinski definition) is 0. The Balaban J connectivity index is 4.58. The molecule has 0 aromatic rings. The Hall–Kier alpha value is -0.870. The Kier molecular flexibility index (Phi) is 8.72. The molecule has 0 saturated carbocycles. The third-order valence-electron chi connectivity index (χ3n) is 3.01. The molecule has 0 rings (SSSR count). The number of nitrogens with zero attached hydrogens (tertiary/aromatic N) is 2. The molecule has 0 bridgehead atoms. The molecule has 0 aliphatic carbocycles. The van der Waals surface area contributed by atoms with Gasteiger partial charge in [-0.25, -0.2) is 4.79 Å². The molecule has 0 unspecified atom stereocenters. The van der Waals surface area contributed by atoms with E-state index in [9.17, 15) is 4.79 Å². The number of esters is 1. The summed E-state index contributed by atoms with van der Waals surface area (Å²) in [5, 5.41) is 0. The maximum atomic E-state index is 11.1. The highest BCUT2D eigenvalue weighted by atomic mass is 16.5. The number of likely N-dealkylation sites (N-methyl/N-ethyl adjacent to an activating group) is 2. The van der Waals surface area contributed by atoms with Gasteiger partial charge in [-0.2, -0.15) is 0 Å². The highest BCUT2D eigenvalue weighted by Gasteiger charge is 2.22. The fourth-order valence-corrected chi connectivity index (χ4v) is 1.95. The van der Waals surface area contributed by atoms with E-state index in [4.69, 9.17) is 4.74 Å². The lowest BCUT2D eigenvalue weighted by Crippen LogP contribution is -2.51. The average Bonchev–Trinajstić information content (AvgIpc) is 2.37. The Morgan fingerprint density at radius 2 is 1.53 bits per heavy atom. The molecule has 4 nitrogen and oxygen atoms in total. The third-order valence-corrected chi connectivity index (χ3v) is 3.01. The second kappa shape index (κ2) is 9.19. The number of hydrogen-bond acceptors (Lipinski definition) is 4. The van der Waals surface area contributed by atoms with Crippen LogP contribution in [0.15, 0.2) is 12.7 Å². The Morgan fingerprint density at radius 3 is 1.82 bits per heavy atom. The predicted octanol–water partition coefficient (Wildman–Crippen LogP) is 1.73. The van der Waals surface area contributed by atoms with Crippen LogP contribution >= 0.6 is 0 Å². The van der Waals surface area contributed by atoms with Gasteiger partial charge in [-0.15, -0.1) is 0 Å². The second-order valence-electron chi connectivity index (χ2n) is 3.76. The van der Waals surface area contributed by atoms with Gasteiger partial charge in [0.1, 0.15) is 6.61 Å². The number of carbonyl (C=O) groups is 1. The van der Waals surface area contributed by atoms with Crippen LogP contribution in [0.2, 0.25) is 0 Å². The van der Waals surface area contributed by atoms with Crippen molar-refractivity contribution in [1.82, 2.24) is 9.80 Å². The van der Waals surface area contributed by atoms with Gasteiger partial charge in [0.2, 0.25) is 0 Å². The summed E-state index contributed by atoms with van der Waals surface area (Å²) in [6.07, 6.45) is 1.37. The Labute approximate surface area is 105 Å². The van der Waals surface area contributed by atoms with E-state index in [2.05, 4.69) is 44.1 Å². The van der Waals surface area contributed by atoms with Crippen LogP contribution in [0.5, 0.6) is 0 Å². The van der Waals surface area contributed by atoms with Crippen molar-refractivity contribution in [2.75, 3.05) is 32.8 Å². The lowest BCUT2D eigenvalue weighted by atomic mass is 10.3. The summed E-state index contributed by atoms with van der Waals surface area (Å²) in [6, 6.07) is 0. The van der Waals surface area contributed by atoms with Crippen molar-refractivity contribution in [3.8, 4) is 0 Å². The van der Waals surface area contributed by atoms with Gasteiger partial charge < -0.3 is 4.74 Å². The standard InChI is InChI=1S/C13H26N2O2/c1-6-13(16)17-11-12(14(7-2)8-3)15(9-4)10-5/h6,12H,1,7-11H2,2-5H3. The summed E-state index contributed by atoms with van der Waals surface area (Å²) < 4.78 is 5.18. The number of carbonyl (C=O) groups excluding carboxylic acids is 1. The van der Waals surface area contributed by atoms with Crippen molar-refractivity contribution in [3.05, 3.63) is 12.7 Å². The summed E-state index contributed by atoms with van der Waals surface area (Å²) in [5.41, 5.74) is 0. The van der Waals surface area contributed by atoms with E-state index in [-0.39, 0.29) is 12.1 Å². The monoisotopic (exact) mass is 242 g/mol. The number of rotatable bonds is 9. The van der Waals surface area contributed by atoms with Crippen molar-refractivity contribution < 1.29 is 9.53 Å². The van der Waals surface area contributed by atoms with E-state index in [1.165, 1.54) is 6.08 Å². The number of ether oxygens (including phenoxy) is 1. The van der Waals surface area contributed by atoms with Crippen LogP contribution in [-0.4, -0.2) is 54.7 Å². The molecule has 100 valence electrons. The fraction of sp³-hybridized carbons (Fsp3) is 0.769. The third kappa shape index (κ3) is 5.33. The minimum atomic E-state index is -0.352. The molecular formula is C13H26N2O2. The molecule has 0 amide bonds. The maximum Gasteiger partial charge on any atom is 0.330 e.